The molecule has 0 spiro atoms. The van der Waals surface area contributed by atoms with Crippen molar-refractivity contribution in [2.24, 2.45) is 0 Å². The molecule has 0 unspecified atom stereocenters. The minimum atomic E-state index is -0.399. The maximum atomic E-state index is 12.1. The molecule has 0 atom stereocenters. The summed E-state index contributed by atoms with van der Waals surface area (Å²) in [7, 11) is 1.37. The van der Waals surface area contributed by atoms with Crippen LogP contribution < -0.4 is 0 Å². The molecule has 5 nitrogen and oxygen atoms in total. The van der Waals surface area contributed by atoms with E-state index in [0.29, 0.717) is 5.57 Å². The zero-order chi connectivity index (χ0) is 16.1. The van der Waals surface area contributed by atoms with E-state index in [2.05, 4.69) is 10.1 Å². The lowest BCUT2D eigenvalue weighted by molar-refractivity contribution is -0.133. The molecule has 0 saturated carbocycles. The monoisotopic (exact) mass is 305 g/mol. The number of esters is 1. The molecule has 5 heteroatoms. The van der Waals surface area contributed by atoms with Crippen LogP contribution in [0.5, 0.6) is 0 Å². The van der Waals surface area contributed by atoms with Gasteiger partial charge in [-0.05, 0) is 35.9 Å². The number of para-hydroxylation sites is 1. The van der Waals surface area contributed by atoms with E-state index in [4.69, 9.17) is 4.74 Å². The Morgan fingerprint density at radius 3 is 2.57 bits per heavy atom. The van der Waals surface area contributed by atoms with Crippen LogP contribution in [0.2, 0.25) is 0 Å². The zero-order valence-electron chi connectivity index (χ0n) is 12.6. The molecule has 1 aromatic carbocycles. The van der Waals surface area contributed by atoms with Crippen LogP contribution in [0.1, 0.15) is 11.1 Å². The van der Waals surface area contributed by atoms with Gasteiger partial charge in [0.1, 0.15) is 0 Å². The van der Waals surface area contributed by atoms with Crippen LogP contribution in [-0.2, 0) is 9.53 Å². The third kappa shape index (κ3) is 3.35. The fraction of sp³-hybridized carbons (Fsp3) is 0.0556. The number of aromatic nitrogens is 3. The highest BCUT2D eigenvalue weighted by atomic mass is 16.5. The van der Waals surface area contributed by atoms with Crippen molar-refractivity contribution in [1.29, 1.82) is 0 Å². The van der Waals surface area contributed by atoms with E-state index < -0.39 is 5.97 Å². The zero-order valence-corrected chi connectivity index (χ0v) is 12.6. The van der Waals surface area contributed by atoms with Gasteiger partial charge in [0.05, 0.1) is 24.6 Å². The van der Waals surface area contributed by atoms with Gasteiger partial charge in [-0.2, -0.15) is 5.10 Å². The predicted molar refractivity (Wildman–Crippen MR) is 87.7 cm³/mol. The van der Waals surface area contributed by atoms with Gasteiger partial charge in [0, 0.05) is 24.2 Å². The SMILES string of the molecule is COC(=O)/C(=C\c1cnn(-c2ccccc2)c1)c1ccncc1. The van der Waals surface area contributed by atoms with Gasteiger partial charge in [-0.25, -0.2) is 9.48 Å². The first kappa shape index (κ1) is 14.7. The number of pyridine rings is 1. The van der Waals surface area contributed by atoms with Gasteiger partial charge in [0.2, 0.25) is 0 Å². The molecule has 0 amide bonds. The number of methoxy groups -OCH3 is 1. The molecular formula is C18H15N3O2. The molecule has 0 saturated heterocycles. The molecule has 0 bridgehead atoms. The molecule has 0 N–H and O–H groups in total. The van der Waals surface area contributed by atoms with Crippen LogP contribution in [0.3, 0.4) is 0 Å². The van der Waals surface area contributed by atoms with Crippen molar-refractivity contribution in [3.05, 3.63) is 78.4 Å². The van der Waals surface area contributed by atoms with Gasteiger partial charge in [-0.3, -0.25) is 4.98 Å². The Morgan fingerprint density at radius 1 is 1.13 bits per heavy atom. The second-order valence-electron chi connectivity index (χ2n) is 4.84. The van der Waals surface area contributed by atoms with E-state index in [-0.39, 0.29) is 0 Å². The van der Waals surface area contributed by atoms with Crippen LogP contribution in [0.25, 0.3) is 17.3 Å². The average molecular weight is 305 g/mol. The maximum absolute atomic E-state index is 12.1. The smallest absolute Gasteiger partial charge is 0.338 e. The molecular weight excluding hydrogens is 290 g/mol. The van der Waals surface area contributed by atoms with Gasteiger partial charge >= 0.3 is 5.97 Å². The number of benzene rings is 1. The maximum Gasteiger partial charge on any atom is 0.338 e. The van der Waals surface area contributed by atoms with Crippen molar-refractivity contribution in [3.63, 3.8) is 0 Å². The number of carbonyl (C=O) groups excluding carboxylic acids is 1. The van der Waals surface area contributed by atoms with E-state index in [1.807, 2.05) is 36.5 Å². The summed E-state index contributed by atoms with van der Waals surface area (Å²) in [6, 6.07) is 13.3. The van der Waals surface area contributed by atoms with E-state index >= 15 is 0 Å². The highest BCUT2D eigenvalue weighted by molar-refractivity contribution is 6.21. The Bertz CT molecular complexity index is 824. The van der Waals surface area contributed by atoms with Gasteiger partial charge in [0.25, 0.3) is 0 Å². The minimum Gasteiger partial charge on any atom is -0.465 e. The third-order valence-electron chi connectivity index (χ3n) is 3.33. The molecule has 0 aliphatic carbocycles. The minimum absolute atomic E-state index is 0.399. The summed E-state index contributed by atoms with van der Waals surface area (Å²) >= 11 is 0. The molecule has 2 aromatic heterocycles. The van der Waals surface area contributed by atoms with Crippen LogP contribution in [0.15, 0.2) is 67.3 Å². The summed E-state index contributed by atoms with van der Waals surface area (Å²) in [5, 5.41) is 4.33. The summed E-state index contributed by atoms with van der Waals surface area (Å²) < 4.78 is 6.63. The molecule has 0 fully saturated rings. The summed E-state index contributed by atoms with van der Waals surface area (Å²) in [6.45, 7) is 0. The van der Waals surface area contributed by atoms with Gasteiger partial charge in [-0.1, -0.05) is 18.2 Å². The number of carbonyl (C=O) groups is 1. The Balaban J connectivity index is 1.98. The fourth-order valence-electron chi connectivity index (χ4n) is 2.20. The lowest BCUT2D eigenvalue weighted by atomic mass is 10.1. The molecule has 23 heavy (non-hydrogen) atoms. The summed E-state index contributed by atoms with van der Waals surface area (Å²) in [5.74, 6) is -0.399. The Morgan fingerprint density at radius 2 is 1.87 bits per heavy atom. The first-order valence-corrected chi connectivity index (χ1v) is 7.08. The van der Waals surface area contributed by atoms with Crippen molar-refractivity contribution in [1.82, 2.24) is 14.8 Å². The summed E-state index contributed by atoms with van der Waals surface area (Å²) in [6.07, 6.45) is 8.60. The average Bonchev–Trinajstić information content (AvgIpc) is 3.09. The number of hydrogen-bond donors (Lipinski definition) is 0. The van der Waals surface area contributed by atoms with Crippen LogP contribution in [0, 0.1) is 0 Å². The van der Waals surface area contributed by atoms with Crippen LogP contribution >= 0.6 is 0 Å². The molecule has 3 aromatic rings. The molecule has 2 heterocycles. The summed E-state index contributed by atoms with van der Waals surface area (Å²) in [4.78, 5) is 16.0. The van der Waals surface area contributed by atoms with E-state index in [1.165, 1.54) is 7.11 Å². The van der Waals surface area contributed by atoms with Crippen molar-refractivity contribution >= 4 is 17.6 Å². The quantitative estimate of drug-likeness (QED) is 0.549. The number of nitrogens with zero attached hydrogens (tertiary/aromatic N) is 3. The normalized spacial score (nSPS) is 11.3. The number of ether oxygens (including phenoxy) is 1. The second kappa shape index (κ2) is 6.70. The van der Waals surface area contributed by atoms with E-state index in [1.54, 1.807) is 41.5 Å². The standard InChI is InChI=1S/C18H15N3O2/c1-23-18(22)17(15-7-9-19-10-8-15)11-14-12-20-21(13-14)16-5-3-2-4-6-16/h2-13H,1H3/b17-11-. The first-order chi connectivity index (χ1) is 11.3. The first-order valence-electron chi connectivity index (χ1n) is 7.08. The largest absolute Gasteiger partial charge is 0.465 e. The van der Waals surface area contributed by atoms with Crippen molar-refractivity contribution in [2.75, 3.05) is 7.11 Å². The Kier molecular flexibility index (Phi) is 4.29. The van der Waals surface area contributed by atoms with Gasteiger partial charge in [-0.15, -0.1) is 0 Å². The molecule has 3 rings (SSSR count). The lowest BCUT2D eigenvalue weighted by Crippen LogP contribution is -2.03. The number of hydrogen-bond acceptors (Lipinski definition) is 4. The van der Waals surface area contributed by atoms with Crippen LogP contribution in [0.4, 0.5) is 0 Å². The number of rotatable bonds is 4. The Labute approximate surface area is 133 Å². The van der Waals surface area contributed by atoms with Crippen LogP contribution in [-0.4, -0.2) is 27.8 Å². The van der Waals surface area contributed by atoms with Crippen molar-refractivity contribution in [3.8, 4) is 5.69 Å². The third-order valence-corrected chi connectivity index (χ3v) is 3.33. The Hall–Kier alpha value is -3.21. The fourth-order valence-corrected chi connectivity index (χ4v) is 2.20. The lowest BCUT2D eigenvalue weighted by Gasteiger charge is -2.04. The molecule has 0 radical (unpaired) electrons. The highest BCUT2D eigenvalue weighted by Gasteiger charge is 2.13. The molecule has 0 aliphatic heterocycles. The van der Waals surface area contributed by atoms with Gasteiger partial charge in [0.15, 0.2) is 0 Å². The molecule has 114 valence electrons. The van der Waals surface area contributed by atoms with Gasteiger partial charge < -0.3 is 4.74 Å². The van der Waals surface area contributed by atoms with Crippen molar-refractivity contribution in [2.45, 2.75) is 0 Å². The van der Waals surface area contributed by atoms with E-state index in [9.17, 15) is 4.79 Å². The summed E-state index contributed by atoms with van der Waals surface area (Å²) in [5.41, 5.74) is 2.98. The predicted octanol–water partition coefficient (Wildman–Crippen LogP) is 2.98. The van der Waals surface area contributed by atoms with Crippen molar-refractivity contribution < 1.29 is 9.53 Å². The second-order valence-corrected chi connectivity index (χ2v) is 4.84. The van der Waals surface area contributed by atoms with E-state index in [0.717, 1.165) is 16.8 Å². The molecule has 0 aliphatic rings. The topological polar surface area (TPSA) is 57.0 Å². The highest BCUT2D eigenvalue weighted by Crippen LogP contribution is 2.19.